The summed E-state index contributed by atoms with van der Waals surface area (Å²) in [6.45, 7) is 4.69. The first-order valence-corrected chi connectivity index (χ1v) is 9.32. The van der Waals surface area contributed by atoms with Crippen LogP contribution in [0.1, 0.15) is 45.7 Å². The van der Waals surface area contributed by atoms with Crippen LogP contribution in [0, 0.1) is 13.8 Å². The van der Waals surface area contributed by atoms with Crippen LogP contribution >= 0.6 is 11.3 Å². The number of aryl methyl sites for hydroxylation is 2. The van der Waals surface area contributed by atoms with Gasteiger partial charge in [-0.15, -0.1) is 10.2 Å². The molecule has 1 fully saturated rings. The Morgan fingerprint density at radius 2 is 2.19 bits per heavy atom. The number of nitrogens with zero attached hydrogens (tertiary/aromatic N) is 4. The molecule has 1 aliphatic rings. The highest BCUT2D eigenvalue weighted by Gasteiger charge is 2.22. The first-order chi connectivity index (χ1) is 12.6. The number of rotatable bonds is 4. The minimum atomic E-state index is -0.219. The second kappa shape index (κ2) is 6.97. The number of benzene rings is 1. The molecule has 4 rings (SSSR count). The van der Waals surface area contributed by atoms with E-state index in [-0.39, 0.29) is 12.0 Å². The van der Waals surface area contributed by atoms with Crippen LogP contribution in [0.4, 0.5) is 5.13 Å². The van der Waals surface area contributed by atoms with Crippen LogP contribution in [0.5, 0.6) is 0 Å². The maximum absolute atomic E-state index is 12.6. The maximum atomic E-state index is 12.6. The summed E-state index contributed by atoms with van der Waals surface area (Å²) < 4.78 is 7.43. The molecule has 1 aromatic carbocycles. The normalized spacial score (nSPS) is 16.8. The van der Waals surface area contributed by atoms with Crippen molar-refractivity contribution in [3.63, 3.8) is 0 Å². The summed E-state index contributed by atoms with van der Waals surface area (Å²) in [6.07, 6.45) is 1.99. The Bertz CT molecular complexity index is 943. The van der Waals surface area contributed by atoms with Crippen molar-refractivity contribution < 1.29 is 9.53 Å². The summed E-state index contributed by atoms with van der Waals surface area (Å²) in [5.41, 5.74) is 3.35. The highest BCUT2D eigenvalue weighted by Crippen LogP contribution is 2.32. The third-order valence-corrected chi connectivity index (χ3v) is 5.16. The number of hydrogen-bond acceptors (Lipinski definition) is 6. The molecule has 1 amide bonds. The Labute approximate surface area is 155 Å². The smallest absolute Gasteiger partial charge is 0.257 e. The van der Waals surface area contributed by atoms with E-state index in [1.807, 2.05) is 42.8 Å². The topological polar surface area (TPSA) is 81.9 Å². The number of carbonyl (C=O) groups excluding carboxylic acids is 1. The van der Waals surface area contributed by atoms with Gasteiger partial charge in [0, 0.05) is 17.9 Å². The predicted octanol–water partition coefficient (Wildman–Crippen LogP) is 3.44. The molecule has 0 bridgehead atoms. The van der Waals surface area contributed by atoms with Gasteiger partial charge in [-0.3, -0.25) is 10.1 Å². The van der Waals surface area contributed by atoms with Crippen molar-refractivity contribution in [1.29, 1.82) is 0 Å². The number of anilines is 1. The predicted molar refractivity (Wildman–Crippen MR) is 98.8 cm³/mol. The van der Waals surface area contributed by atoms with E-state index in [0.29, 0.717) is 10.7 Å². The minimum absolute atomic E-state index is 0.00695. The molecule has 3 aromatic rings. The fourth-order valence-electron chi connectivity index (χ4n) is 3.03. The van der Waals surface area contributed by atoms with Crippen molar-refractivity contribution in [2.45, 2.75) is 32.8 Å². The third kappa shape index (κ3) is 3.38. The van der Waals surface area contributed by atoms with Crippen LogP contribution in [0.15, 0.2) is 30.3 Å². The number of amides is 1. The molecular weight excluding hydrogens is 350 g/mol. The van der Waals surface area contributed by atoms with E-state index in [0.717, 1.165) is 41.5 Å². The largest absolute Gasteiger partial charge is 0.371 e. The van der Waals surface area contributed by atoms with Gasteiger partial charge in [0.15, 0.2) is 0 Å². The molecule has 0 aliphatic carbocycles. The van der Waals surface area contributed by atoms with Crippen molar-refractivity contribution in [3.8, 4) is 5.69 Å². The summed E-state index contributed by atoms with van der Waals surface area (Å²) in [5.74, 6) is -0.219. The number of aromatic nitrogens is 4. The second-order valence-corrected chi connectivity index (χ2v) is 7.30. The summed E-state index contributed by atoms with van der Waals surface area (Å²) in [5, 5.41) is 16.8. The number of ether oxygens (including phenoxy) is 1. The van der Waals surface area contributed by atoms with Gasteiger partial charge in [-0.1, -0.05) is 17.4 Å². The fraction of sp³-hybridized carbons (Fsp3) is 0.333. The van der Waals surface area contributed by atoms with Crippen LogP contribution in [-0.2, 0) is 4.74 Å². The third-order valence-electron chi connectivity index (χ3n) is 4.23. The lowest BCUT2D eigenvalue weighted by Crippen LogP contribution is -2.12. The van der Waals surface area contributed by atoms with Crippen LogP contribution in [-0.4, -0.2) is 32.5 Å². The quantitative estimate of drug-likeness (QED) is 0.762. The van der Waals surface area contributed by atoms with E-state index in [2.05, 4.69) is 20.6 Å². The molecular formula is C18H19N5O2S. The lowest BCUT2D eigenvalue weighted by atomic mass is 10.2. The average molecular weight is 369 g/mol. The Morgan fingerprint density at radius 3 is 2.92 bits per heavy atom. The summed E-state index contributed by atoms with van der Waals surface area (Å²) in [6, 6.07) is 9.36. The highest BCUT2D eigenvalue weighted by atomic mass is 32.1. The number of carbonyl (C=O) groups is 1. The molecule has 7 nitrogen and oxygen atoms in total. The zero-order valence-corrected chi connectivity index (χ0v) is 15.4. The zero-order valence-electron chi connectivity index (χ0n) is 14.6. The van der Waals surface area contributed by atoms with Crippen LogP contribution in [0.3, 0.4) is 0 Å². The lowest BCUT2D eigenvalue weighted by molar-refractivity contribution is 0.102. The van der Waals surface area contributed by atoms with Gasteiger partial charge in [-0.2, -0.15) is 5.10 Å². The molecule has 0 saturated carbocycles. The van der Waals surface area contributed by atoms with Crippen molar-refractivity contribution in [3.05, 3.63) is 52.3 Å². The van der Waals surface area contributed by atoms with Crippen molar-refractivity contribution >= 4 is 22.4 Å². The maximum Gasteiger partial charge on any atom is 0.257 e. The lowest BCUT2D eigenvalue weighted by Gasteiger charge is -2.07. The van der Waals surface area contributed by atoms with Crippen LogP contribution in [0.25, 0.3) is 5.69 Å². The molecule has 26 heavy (non-hydrogen) atoms. The Morgan fingerprint density at radius 1 is 1.31 bits per heavy atom. The van der Waals surface area contributed by atoms with Gasteiger partial charge < -0.3 is 4.74 Å². The molecule has 8 heteroatoms. The van der Waals surface area contributed by atoms with E-state index in [4.69, 9.17) is 4.74 Å². The molecule has 134 valence electrons. The van der Waals surface area contributed by atoms with E-state index >= 15 is 0 Å². The van der Waals surface area contributed by atoms with Crippen molar-refractivity contribution in [2.24, 2.45) is 0 Å². The Hall–Kier alpha value is -2.58. The number of hydrogen-bond donors (Lipinski definition) is 1. The number of nitrogens with one attached hydrogen (secondary N) is 1. The van der Waals surface area contributed by atoms with Gasteiger partial charge in [0.2, 0.25) is 5.13 Å². The summed E-state index contributed by atoms with van der Waals surface area (Å²) >= 11 is 1.36. The molecule has 1 saturated heterocycles. The van der Waals surface area contributed by atoms with Gasteiger partial charge in [-0.25, -0.2) is 4.68 Å². The minimum Gasteiger partial charge on any atom is -0.371 e. The standard InChI is InChI=1S/C18H19N5O2S/c1-11-9-12(2)23(22-11)14-6-3-5-13(10-14)16(24)19-18-21-20-17(26-18)15-7-4-8-25-15/h3,5-6,9-10,15H,4,7-8H2,1-2H3,(H,19,21,24)/t15-/m0/s1. The van der Waals surface area contributed by atoms with Gasteiger partial charge in [0.1, 0.15) is 11.1 Å². The molecule has 0 spiro atoms. The monoisotopic (exact) mass is 369 g/mol. The van der Waals surface area contributed by atoms with Crippen molar-refractivity contribution in [1.82, 2.24) is 20.0 Å². The first kappa shape index (κ1) is 16.9. The van der Waals surface area contributed by atoms with Gasteiger partial charge >= 0.3 is 0 Å². The zero-order chi connectivity index (χ0) is 18.1. The van der Waals surface area contributed by atoms with E-state index in [1.165, 1.54) is 11.3 Å². The van der Waals surface area contributed by atoms with Crippen LogP contribution < -0.4 is 5.32 Å². The molecule has 2 aromatic heterocycles. The summed E-state index contributed by atoms with van der Waals surface area (Å²) in [4.78, 5) is 12.6. The fourth-order valence-corrected chi connectivity index (χ4v) is 3.85. The van der Waals surface area contributed by atoms with Crippen LogP contribution in [0.2, 0.25) is 0 Å². The molecule has 1 atom stereocenters. The molecule has 0 unspecified atom stereocenters. The molecule has 0 radical (unpaired) electrons. The van der Waals surface area contributed by atoms with E-state index < -0.39 is 0 Å². The van der Waals surface area contributed by atoms with Gasteiger partial charge in [-0.05, 0) is 51.0 Å². The SMILES string of the molecule is Cc1cc(C)n(-c2cccc(C(=O)Nc3nnc([C@@H]4CCCO4)s3)c2)n1. The van der Waals surface area contributed by atoms with Gasteiger partial charge in [0.25, 0.3) is 5.91 Å². The summed E-state index contributed by atoms with van der Waals surface area (Å²) in [7, 11) is 0. The van der Waals surface area contributed by atoms with E-state index in [9.17, 15) is 4.79 Å². The van der Waals surface area contributed by atoms with Crippen molar-refractivity contribution in [2.75, 3.05) is 11.9 Å². The first-order valence-electron chi connectivity index (χ1n) is 8.50. The average Bonchev–Trinajstić information content (AvgIpc) is 3.36. The Kier molecular flexibility index (Phi) is 4.52. The van der Waals surface area contributed by atoms with E-state index in [1.54, 1.807) is 6.07 Å². The molecule has 3 heterocycles. The molecule has 1 N–H and O–H groups in total. The second-order valence-electron chi connectivity index (χ2n) is 6.29. The highest BCUT2D eigenvalue weighted by molar-refractivity contribution is 7.15. The Balaban J connectivity index is 1.51. The van der Waals surface area contributed by atoms with Gasteiger partial charge in [0.05, 0.1) is 11.4 Å². The molecule has 1 aliphatic heterocycles.